The molecule has 6 heteroatoms. The lowest BCUT2D eigenvalue weighted by atomic mass is 10.0. The first-order chi connectivity index (χ1) is 14.5. The van der Waals surface area contributed by atoms with Crippen molar-refractivity contribution in [2.45, 2.75) is 6.92 Å². The van der Waals surface area contributed by atoms with E-state index in [9.17, 15) is 9.59 Å². The molecule has 0 aliphatic carbocycles. The Hall–Kier alpha value is -4.11. The van der Waals surface area contributed by atoms with Crippen molar-refractivity contribution in [2.75, 3.05) is 13.2 Å². The highest BCUT2D eigenvalue weighted by molar-refractivity contribution is 5.90. The molecule has 0 saturated carbocycles. The predicted molar refractivity (Wildman–Crippen MR) is 110 cm³/mol. The van der Waals surface area contributed by atoms with E-state index < -0.39 is 5.97 Å². The fraction of sp³-hybridized carbons (Fsp3) is 0.125. The molecule has 3 aromatic carbocycles. The second-order valence-corrected chi connectivity index (χ2v) is 6.32. The van der Waals surface area contributed by atoms with E-state index in [1.165, 1.54) is 6.92 Å². The van der Waals surface area contributed by atoms with Crippen LogP contribution in [0.15, 0.2) is 72.8 Å². The molecule has 0 amide bonds. The van der Waals surface area contributed by atoms with Crippen molar-refractivity contribution >= 4 is 11.9 Å². The number of esters is 2. The lowest BCUT2D eigenvalue weighted by Crippen LogP contribution is -2.12. The fourth-order valence-electron chi connectivity index (χ4n) is 2.68. The maximum absolute atomic E-state index is 12.2. The zero-order valence-corrected chi connectivity index (χ0v) is 16.3. The standard InChI is InChI=1S/C24H19NO5/c1-17(26)30-23-12-8-20(9-13-23)19-4-6-21(7-5-19)24(27)29-15-14-28-22-10-2-18(16-25)3-11-22/h2-13H,14-15H2,1H3. The van der Waals surface area contributed by atoms with Gasteiger partial charge in [0.25, 0.3) is 0 Å². The molecule has 0 aromatic heterocycles. The van der Waals surface area contributed by atoms with E-state index in [4.69, 9.17) is 19.5 Å². The molecule has 3 rings (SSSR count). The smallest absolute Gasteiger partial charge is 0.338 e. The fourth-order valence-corrected chi connectivity index (χ4v) is 2.68. The summed E-state index contributed by atoms with van der Waals surface area (Å²) in [5, 5.41) is 8.77. The van der Waals surface area contributed by atoms with Gasteiger partial charge in [0.1, 0.15) is 24.7 Å². The highest BCUT2D eigenvalue weighted by Crippen LogP contribution is 2.23. The van der Waals surface area contributed by atoms with Crippen molar-refractivity contribution in [1.82, 2.24) is 0 Å². The molecule has 6 nitrogen and oxygen atoms in total. The minimum absolute atomic E-state index is 0.109. The van der Waals surface area contributed by atoms with Gasteiger partial charge < -0.3 is 14.2 Å². The molecule has 0 aliphatic rings. The summed E-state index contributed by atoms with van der Waals surface area (Å²) in [7, 11) is 0. The lowest BCUT2D eigenvalue weighted by molar-refractivity contribution is -0.131. The van der Waals surface area contributed by atoms with Crippen LogP contribution < -0.4 is 9.47 Å². The summed E-state index contributed by atoms with van der Waals surface area (Å²) >= 11 is 0. The number of benzene rings is 3. The largest absolute Gasteiger partial charge is 0.490 e. The van der Waals surface area contributed by atoms with Crippen molar-refractivity contribution in [1.29, 1.82) is 5.26 Å². The summed E-state index contributed by atoms with van der Waals surface area (Å²) in [5.41, 5.74) is 2.85. The molecule has 0 fully saturated rings. The van der Waals surface area contributed by atoms with Crippen molar-refractivity contribution < 1.29 is 23.8 Å². The second kappa shape index (κ2) is 9.89. The molecular weight excluding hydrogens is 382 g/mol. The summed E-state index contributed by atoms with van der Waals surface area (Å²) < 4.78 is 15.7. The maximum atomic E-state index is 12.2. The molecule has 3 aromatic rings. The Morgan fingerprint density at radius 3 is 1.93 bits per heavy atom. The monoisotopic (exact) mass is 401 g/mol. The molecule has 0 spiro atoms. The van der Waals surface area contributed by atoms with Gasteiger partial charge in [0, 0.05) is 6.92 Å². The quantitative estimate of drug-likeness (QED) is 0.332. The van der Waals surface area contributed by atoms with E-state index in [2.05, 4.69) is 0 Å². The summed E-state index contributed by atoms with van der Waals surface area (Å²) in [6.45, 7) is 1.67. The van der Waals surface area contributed by atoms with Crippen LogP contribution in [0.3, 0.4) is 0 Å². The number of carbonyl (C=O) groups is 2. The van der Waals surface area contributed by atoms with E-state index in [0.717, 1.165) is 11.1 Å². The van der Waals surface area contributed by atoms with Crippen LogP contribution in [0.4, 0.5) is 0 Å². The van der Waals surface area contributed by atoms with Gasteiger partial charge in [-0.3, -0.25) is 4.79 Å². The van der Waals surface area contributed by atoms with Crippen molar-refractivity contribution in [3.8, 4) is 28.7 Å². The molecule has 0 heterocycles. The van der Waals surface area contributed by atoms with Crippen LogP contribution >= 0.6 is 0 Å². The van der Waals surface area contributed by atoms with Crippen molar-refractivity contribution in [2.24, 2.45) is 0 Å². The highest BCUT2D eigenvalue weighted by atomic mass is 16.6. The minimum atomic E-state index is -0.435. The van der Waals surface area contributed by atoms with E-state index >= 15 is 0 Å². The molecule has 0 bridgehead atoms. The summed E-state index contributed by atoms with van der Waals surface area (Å²) in [5.74, 6) is 0.284. The third-order valence-corrected chi connectivity index (χ3v) is 4.14. The van der Waals surface area contributed by atoms with E-state index in [-0.39, 0.29) is 19.2 Å². The van der Waals surface area contributed by atoms with Crippen molar-refractivity contribution in [3.05, 3.63) is 83.9 Å². The van der Waals surface area contributed by atoms with Crippen LogP contribution in [0, 0.1) is 11.3 Å². The first-order valence-electron chi connectivity index (χ1n) is 9.24. The topological polar surface area (TPSA) is 85.6 Å². The molecule has 0 atom stereocenters. The average Bonchev–Trinajstić information content (AvgIpc) is 2.77. The second-order valence-electron chi connectivity index (χ2n) is 6.32. The molecule has 0 aliphatic heterocycles. The van der Waals surface area contributed by atoms with Gasteiger partial charge in [0.05, 0.1) is 17.2 Å². The Balaban J connectivity index is 1.49. The number of ether oxygens (including phenoxy) is 3. The minimum Gasteiger partial charge on any atom is -0.490 e. The zero-order chi connectivity index (χ0) is 21.3. The van der Waals surface area contributed by atoms with E-state index in [0.29, 0.717) is 22.6 Å². The van der Waals surface area contributed by atoms with Crippen LogP contribution in [0.5, 0.6) is 11.5 Å². The number of rotatable bonds is 7. The number of nitrogens with zero attached hydrogens (tertiary/aromatic N) is 1. The van der Waals surface area contributed by atoms with Crippen LogP contribution in [0.1, 0.15) is 22.8 Å². The van der Waals surface area contributed by atoms with E-state index in [1.54, 1.807) is 48.5 Å². The molecule has 150 valence electrons. The van der Waals surface area contributed by atoms with Gasteiger partial charge in [-0.25, -0.2) is 4.79 Å². The van der Waals surface area contributed by atoms with Gasteiger partial charge in [-0.1, -0.05) is 24.3 Å². The first-order valence-corrected chi connectivity index (χ1v) is 9.24. The third-order valence-electron chi connectivity index (χ3n) is 4.14. The van der Waals surface area contributed by atoms with Gasteiger partial charge >= 0.3 is 11.9 Å². The van der Waals surface area contributed by atoms with E-state index in [1.807, 2.05) is 30.3 Å². The normalized spacial score (nSPS) is 10.0. The van der Waals surface area contributed by atoms with Gasteiger partial charge in [0.2, 0.25) is 0 Å². The van der Waals surface area contributed by atoms with Gasteiger partial charge in [-0.15, -0.1) is 0 Å². The van der Waals surface area contributed by atoms with Gasteiger partial charge in [-0.05, 0) is 59.7 Å². The summed E-state index contributed by atoms with van der Waals surface area (Å²) in [6, 6.07) is 22.9. The van der Waals surface area contributed by atoms with Crippen LogP contribution in [-0.2, 0) is 9.53 Å². The predicted octanol–water partition coefficient (Wildman–Crippen LogP) is 4.39. The SMILES string of the molecule is CC(=O)Oc1ccc(-c2ccc(C(=O)OCCOc3ccc(C#N)cc3)cc2)cc1. The number of nitriles is 1. The molecule has 0 unspecified atom stereocenters. The zero-order valence-electron chi connectivity index (χ0n) is 16.3. The highest BCUT2D eigenvalue weighted by Gasteiger charge is 2.08. The molecule has 0 radical (unpaired) electrons. The first kappa shape index (κ1) is 20.6. The Morgan fingerprint density at radius 2 is 1.37 bits per heavy atom. The van der Waals surface area contributed by atoms with Gasteiger partial charge in [-0.2, -0.15) is 5.26 Å². The molecule has 30 heavy (non-hydrogen) atoms. The van der Waals surface area contributed by atoms with Crippen LogP contribution in [0.25, 0.3) is 11.1 Å². The Kier molecular flexibility index (Phi) is 6.80. The number of carbonyl (C=O) groups excluding carboxylic acids is 2. The van der Waals surface area contributed by atoms with Crippen molar-refractivity contribution in [3.63, 3.8) is 0 Å². The van der Waals surface area contributed by atoms with Crippen LogP contribution in [0.2, 0.25) is 0 Å². The Labute approximate surface area is 174 Å². The number of hydrogen-bond donors (Lipinski definition) is 0. The molecule has 0 saturated heterocycles. The molecule has 0 N–H and O–H groups in total. The Morgan fingerprint density at radius 1 is 0.800 bits per heavy atom. The maximum Gasteiger partial charge on any atom is 0.338 e. The van der Waals surface area contributed by atoms with Crippen LogP contribution in [-0.4, -0.2) is 25.2 Å². The summed E-state index contributed by atoms with van der Waals surface area (Å²) in [6.07, 6.45) is 0. The Bertz CT molecular complexity index is 1050. The van der Waals surface area contributed by atoms with Gasteiger partial charge in [0.15, 0.2) is 0 Å². The third kappa shape index (κ3) is 5.69. The lowest BCUT2D eigenvalue weighted by Gasteiger charge is -2.08. The average molecular weight is 401 g/mol. The molecular formula is C24H19NO5. The summed E-state index contributed by atoms with van der Waals surface area (Å²) in [4.78, 5) is 23.1. The number of hydrogen-bond acceptors (Lipinski definition) is 6.